The van der Waals surface area contributed by atoms with Crippen molar-refractivity contribution in [2.24, 2.45) is 15.2 Å². The van der Waals surface area contributed by atoms with E-state index in [2.05, 4.69) is 32.2 Å². The second-order valence-corrected chi connectivity index (χ2v) is 5.52. The maximum Gasteiger partial charge on any atom is 0.171 e. The Kier molecular flexibility index (Phi) is 3.93. The number of piperidine rings is 1. The van der Waals surface area contributed by atoms with E-state index in [0.717, 1.165) is 28.9 Å². The molecule has 3 rings (SSSR count). The monoisotopic (exact) mass is 272 g/mol. The van der Waals surface area contributed by atoms with E-state index < -0.39 is 0 Å². The molecule has 0 aromatic heterocycles. The Balaban J connectivity index is 1.80. The molecule has 0 amide bonds. The Morgan fingerprint density at radius 1 is 1.00 bits per heavy atom. The molecule has 19 heavy (non-hydrogen) atoms. The number of benzene rings is 1. The fraction of sp³-hybridized carbons (Fsp3) is 0.357. The maximum atomic E-state index is 4.42. The first-order valence-electron chi connectivity index (χ1n) is 6.59. The molecule has 5 heteroatoms. The predicted octanol–water partition coefficient (Wildman–Crippen LogP) is 2.97. The van der Waals surface area contributed by atoms with Crippen LogP contribution in [-0.4, -0.2) is 34.5 Å². The average Bonchev–Trinajstić information content (AvgIpc) is 2.75. The van der Waals surface area contributed by atoms with Gasteiger partial charge in [-0.25, -0.2) is 4.99 Å². The summed E-state index contributed by atoms with van der Waals surface area (Å²) in [7, 11) is 0. The molecule has 0 unspecified atom stereocenters. The number of aliphatic imine (C=N–C) groups is 1. The van der Waals surface area contributed by atoms with Gasteiger partial charge < -0.3 is 4.90 Å². The largest absolute Gasteiger partial charge is 0.351 e. The molecule has 1 fully saturated rings. The lowest BCUT2D eigenvalue weighted by Crippen LogP contribution is -2.34. The van der Waals surface area contributed by atoms with Crippen molar-refractivity contribution >= 4 is 28.3 Å². The Morgan fingerprint density at radius 3 is 2.58 bits per heavy atom. The Morgan fingerprint density at radius 2 is 1.79 bits per heavy atom. The molecule has 0 saturated carbocycles. The normalized spacial score (nSPS) is 19.7. The molecular weight excluding hydrogens is 256 g/mol. The number of hydrogen-bond donors (Lipinski definition) is 0. The van der Waals surface area contributed by atoms with Crippen molar-refractivity contribution in [3.8, 4) is 0 Å². The van der Waals surface area contributed by atoms with Crippen LogP contribution in [0.4, 0.5) is 0 Å². The fourth-order valence-corrected chi connectivity index (χ4v) is 3.14. The minimum atomic E-state index is 0.915. The molecule has 4 nitrogen and oxygen atoms in total. The highest BCUT2D eigenvalue weighted by Gasteiger charge is 2.19. The molecule has 0 atom stereocenters. The smallest absolute Gasteiger partial charge is 0.171 e. The third-order valence-electron chi connectivity index (χ3n) is 3.20. The molecule has 2 heterocycles. The zero-order chi connectivity index (χ0) is 12.9. The van der Waals surface area contributed by atoms with E-state index >= 15 is 0 Å². The van der Waals surface area contributed by atoms with E-state index in [4.69, 9.17) is 0 Å². The maximum absolute atomic E-state index is 4.42. The van der Waals surface area contributed by atoms with Crippen molar-refractivity contribution in [1.29, 1.82) is 0 Å². The molecular formula is C14H16N4S. The number of nitrogens with zero attached hydrogens (tertiary/aromatic N) is 4. The van der Waals surface area contributed by atoms with Gasteiger partial charge in [0.25, 0.3) is 0 Å². The van der Waals surface area contributed by atoms with Crippen LogP contribution in [0.15, 0.2) is 45.5 Å². The first-order chi connectivity index (χ1) is 9.43. The molecule has 98 valence electrons. The van der Waals surface area contributed by atoms with Crippen LogP contribution in [-0.2, 0) is 0 Å². The van der Waals surface area contributed by atoms with Crippen LogP contribution in [0.25, 0.3) is 0 Å². The van der Waals surface area contributed by atoms with Crippen LogP contribution in [0, 0.1) is 0 Å². The van der Waals surface area contributed by atoms with Crippen molar-refractivity contribution in [2.45, 2.75) is 19.3 Å². The third-order valence-corrected chi connectivity index (χ3v) is 4.26. The van der Waals surface area contributed by atoms with Crippen LogP contribution < -0.4 is 0 Å². The van der Waals surface area contributed by atoms with Crippen molar-refractivity contribution in [1.82, 2.24) is 4.90 Å². The zero-order valence-corrected chi connectivity index (χ0v) is 11.5. The summed E-state index contributed by atoms with van der Waals surface area (Å²) in [5.74, 6) is 0. The number of hydrogen-bond acceptors (Lipinski definition) is 5. The molecule has 2 aliphatic heterocycles. The van der Waals surface area contributed by atoms with Gasteiger partial charge in [-0.3, -0.25) is 0 Å². The van der Waals surface area contributed by atoms with E-state index in [1.54, 1.807) is 18.1 Å². The van der Waals surface area contributed by atoms with Crippen LogP contribution >= 0.6 is 11.8 Å². The summed E-state index contributed by atoms with van der Waals surface area (Å²) in [5, 5.41) is 10.2. The van der Waals surface area contributed by atoms with Gasteiger partial charge in [0.15, 0.2) is 5.17 Å². The van der Waals surface area contributed by atoms with E-state index in [-0.39, 0.29) is 0 Å². The highest BCUT2D eigenvalue weighted by Crippen LogP contribution is 2.22. The van der Waals surface area contributed by atoms with Gasteiger partial charge in [0.2, 0.25) is 0 Å². The second-order valence-electron chi connectivity index (χ2n) is 4.56. The summed E-state index contributed by atoms with van der Waals surface area (Å²) in [5.41, 5.74) is 1.09. The molecule has 1 aromatic carbocycles. The van der Waals surface area contributed by atoms with E-state index in [1.165, 1.54) is 19.3 Å². The predicted molar refractivity (Wildman–Crippen MR) is 81.9 cm³/mol. The van der Waals surface area contributed by atoms with Crippen LogP contribution in [0.3, 0.4) is 0 Å². The summed E-state index contributed by atoms with van der Waals surface area (Å²) in [6, 6.07) is 10.2. The molecule has 0 bridgehead atoms. The minimum Gasteiger partial charge on any atom is -0.351 e. The number of amidine groups is 1. The SMILES string of the molecule is C1=NN=C(c2ccccc2)SC(N2CCCCC2)=N1. The topological polar surface area (TPSA) is 40.3 Å². The lowest BCUT2D eigenvalue weighted by Gasteiger charge is -2.28. The Hall–Kier alpha value is -1.62. The van der Waals surface area contributed by atoms with E-state index in [9.17, 15) is 0 Å². The standard InChI is InChI=1S/C14H16N4S/c1-3-7-12(8-4-1)13-17-16-11-15-14(19-13)18-9-5-2-6-10-18/h1,3-4,7-8,11H,2,5-6,9-10H2. The summed E-state index contributed by atoms with van der Waals surface area (Å²) < 4.78 is 0. The van der Waals surface area contributed by atoms with Crippen molar-refractivity contribution < 1.29 is 0 Å². The molecule has 0 spiro atoms. The molecule has 2 aliphatic rings. The van der Waals surface area contributed by atoms with Gasteiger partial charge in [-0.2, -0.15) is 0 Å². The number of rotatable bonds is 1. The minimum absolute atomic E-state index is 0.915. The van der Waals surface area contributed by atoms with Gasteiger partial charge in [0.1, 0.15) is 11.4 Å². The summed E-state index contributed by atoms with van der Waals surface area (Å²) >= 11 is 1.61. The number of likely N-dealkylation sites (tertiary alicyclic amines) is 1. The van der Waals surface area contributed by atoms with Gasteiger partial charge in [-0.1, -0.05) is 30.3 Å². The Bertz CT molecular complexity index is 516. The van der Waals surface area contributed by atoms with E-state index in [1.807, 2.05) is 18.2 Å². The van der Waals surface area contributed by atoms with Gasteiger partial charge in [0.05, 0.1) is 0 Å². The Labute approximate surface area is 117 Å². The molecule has 1 aromatic rings. The van der Waals surface area contributed by atoms with E-state index in [0.29, 0.717) is 0 Å². The quantitative estimate of drug-likeness (QED) is 0.788. The van der Waals surface area contributed by atoms with Crippen molar-refractivity contribution in [2.75, 3.05) is 13.1 Å². The second kappa shape index (κ2) is 6.02. The highest BCUT2D eigenvalue weighted by molar-refractivity contribution is 8.26. The molecule has 0 aliphatic carbocycles. The summed E-state index contributed by atoms with van der Waals surface area (Å²) in [6.07, 6.45) is 5.36. The van der Waals surface area contributed by atoms with Gasteiger partial charge in [-0.05, 0) is 31.0 Å². The van der Waals surface area contributed by atoms with Gasteiger partial charge in [0, 0.05) is 18.7 Å². The zero-order valence-electron chi connectivity index (χ0n) is 10.7. The molecule has 1 saturated heterocycles. The van der Waals surface area contributed by atoms with Crippen LogP contribution in [0.2, 0.25) is 0 Å². The molecule has 0 radical (unpaired) electrons. The highest BCUT2D eigenvalue weighted by atomic mass is 32.2. The van der Waals surface area contributed by atoms with Gasteiger partial charge in [-0.15, -0.1) is 10.2 Å². The first kappa shape index (κ1) is 12.4. The van der Waals surface area contributed by atoms with Crippen molar-refractivity contribution in [3.05, 3.63) is 35.9 Å². The van der Waals surface area contributed by atoms with Crippen molar-refractivity contribution in [3.63, 3.8) is 0 Å². The number of thioether (sulfide) groups is 1. The van der Waals surface area contributed by atoms with Crippen LogP contribution in [0.5, 0.6) is 0 Å². The molecule has 0 N–H and O–H groups in total. The van der Waals surface area contributed by atoms with Gasteiger partial charge >= 0.3 is 0 Å². The summed E-state index contributed by atoms with van der Waals surface area (Å²) in [6.45, 7) is 2.17. The average molecular weight is 272 g/mol. The van der Waals surface area contributed by atoms with Crippen LogP contribution in [0.1, 0.15) is 24.8 Å². The lowest BCUT2D eigenvalue weighted by molar-refractivity contribution is 0.348. The first-order valence-corrected chi connectivity index (χ1v) is 7.41. The third kappa shape index (κ3) is 3.04. The summed E-state index contributed by atoms with van der Waals surface area (Å²) in [4.78, 5) is 6.76. The fourth-order valence-electron chi connectivity index (χ4n) is 2.22. The lowest BCUT2D eigenvalue weighted by atomic mass is 10.1.